The van der Waals surface area contributed by atoms with Crippen molar-refractivity contribution in [1.29, 1.82) is 0 Å². The Morgan fingerprint density at radius 1 is 1.27 bits per heavy atom. The number of H-pyrrole nitrogens is 1. The number of nitrogens with zero attached hydrogens (tertiary/aromatic N) is 1. The maximum absolute atomic E-state index is 12.1. The molecule has 2 rings (SSSR count). The number of aromatic amines is 1. The van der Waals surface area contributed by atoms with Crippen LogP contribution >= 0.6 is 0 Å². The lowest BCUT2D eigenvalue weighted by Gasteiger charge is -2.12. The van der Waals surface area contributed by atoms with Crippen molar-refractivity contribution in [2.75, 3.05) is 12.3 Å². The molecule has 0 bridgehead atoms. The number of anilines is 1. The number of hydrogen-bond acceptors (Lipinski definition) is 9. The molecule has 0 unspecified atom stereocenters. The monoisotopic (exact) mass is 374 g/mol. The standard InChI is InChI=1S/C13H18N4O9/c14-10-6(12(23)15-3(13(24)25)1-5(19)20)16-11(17-10)9-8(22)7(21)4(2-18)26-9/h3-4,7-9,18,21-22H,1-2,14H2,(H,15,23)(H,16,17)(H,19,20)(H,24,25)/t3-,4+,7+,8+,9+/m0/s1. The maximum Gasteiger partial charge on any atom is 0.326 e. The van der Waals surface area contributed by atoms with Gasteiger partial charge >= 0.3 is 11.9 Å². The van der Waals surface area contributed by atoms with Gasteiger partial charge in [-0.15, -0.1) is 0 Å². The van der Waals surface area contributed by atoms with Crippen LogP contribution in [0.2, 0.25) is 0 Å². The Bertz CT molecular complexity index is 706. The van der Waals surface area contributed by atoms with Gasteiger partial charge in [-0.1, -0.05) is 0 Å². The number of aliphatic carboxylic acids is 2. The van der Waals surface area contributed by atoms with Gasteiger partial charge in [-0.2, -0.15) is 0 Å². The van der Waals surface area contributed by atoms with Gasteiger partial charge in [0.1, 0.15) is 42.0 Å². The highest BCUT2D eigenvalue weighted by Crippen LogP contribution is 2.32. The van der Waals surface area contributed by atoms with Crippen LogP contribution in [0, 0.1) is 0 Å². The number of nitrogen functional groups attached to an aromatic ring is 1. The van der Waals surface area contributed by atoms with Crippen molar-refractivity contribution in [3.63, 3.8) is 0 Å². The quantitative estimate of drug-likeness (QED) is 0.237. The fourth-order valence-electron chi connectivity index (χ4n) is 2.44. The zero-order valence-corrected chi connectivity index (χ0v) is 13.2. The highest BCUT2D eigenvalue weighted by Gasteiger charge is 2.45. The van der Waals surface area contributed by atoms with Crippen molar-refractivity contribution in [2.24, 2.45) is 0 Å². The third kappa shape index (κ3) is 3.91. The average Bonchev–Trinajstić information content (AvgIpc) is 3.07. The number of aliphatic hydroxyl groups excluding tert-OH is 3. The fraction of sp³-hybridized carbons (Fsp3) is 0.538. The number of carbonyl (C=O) groups is 3. The zero-order valence-electron chi connectivity index (χ0n) is 13.2. The second-order valence-corrected chi connectivity index (χ2v) is 5.60. The van der Waals surface area contributed by atoms with E-state index in [0.29, 0.717) is 0 Å². The maximum atomic E-state index is 12.1. The Kier molecular flexibility index (Phi) is 5.76. The first-order valence-corrected chi connectivity index (χ1v) is 7.39. The average molecular weight is 374 g/mol. The van der Waals surface area contributed by atoms with E-state index >= 15 is 0 Å². The number of aliphatic hydroxyl groups is 3. The first kappa shape index (κ1) is 19.6. The van der Waals surface area contributed by atoms with E-state index in [1.54, 1.807) is 0 Å². The van der Waals surface area contributed by atoms with Crippen molar-refractivity contribution in [2.45, 2.75) is 36.9 Å². The summed E-state index contributed by atoms with van der Waals surface area (Å²) in [4.78, 5) is 40.1. The normalized spacial score (nSPS) is 26.4. The van der Waals surface area contributed by atoms with Crippen molar-refractivity contribution >= 4 is 23.7 Å². The van der Waals surface area contributed by atoms with Gasteiger partial charge < -0.3 is 46.3 Å². The number of carbonyl (C=O) groups excluding carboxylic acids is 1. The second kappa shape index (κ2) is 7.65. The van der Waals surface area contributed by atoms with Gasteiger partial charge in [0.05, 0.1) is 13.0 Å². The molecule has 2 heterocycles. The molecule has 0 aliphatic carbocycles. The van der Waals surface area contributed by atoms with E-state index in [1.165, 1.54) is 0 Å². The lowest BCUT2D eigenvalue weighted by atomic mass is 10.1. The molecule has 0 aromatic carbocycles. The first-order valence-electron chi connectivity index (χ1n) is 7.39. The van der Waals surface area contributed by atoms with Crippen molar-refractivity contribution < 1.29 is 44.7 Å². The first-order chi connectivity index (χ1) is 12.1. The van der Waals surface area contributed by atoms with E-state index in [2.05, 4.69) is 9.97 Å². The Labute approximate surface area is 145 Å². The van der Waals surface area contributed by atoms with Gasteiger partial charge in [0, 0.05) is 0 Å². The van der Waals surface area contributed by atoms with Crippen LogP contribution in [0.3, 0.4) is 0 Å². The Hall–Kier alpha value is -2.74. The molecule has 0 radical (unpaired) electrons. The molecule has 0 saturated carbocycles. The Morgan fingerprint density at radius 3 is 2.42 bits per heavy atom. The van der Waals surface area contributed by atoms with E-state index < -0.39 is 61.3 Å². The van der Waals surface area contributed by atoms with Crippen molar-refractivity contribution in [3.05, 3.63) is 11.5 Å². The van der Waals surface area contributed by atoms with Crippen LogP contribution in [0.15, 0.2) is 0 Å². The molecule has 1 aromatic rings. The SMILES string of the molecule is Nc1nc([C@@H]2O[C@H](CO)[C@@H](O)[C@H]2O)[nH]c1C(=O)N[C@@H](CC(=O)O)C(=O)O. The summed E-state index contributed by atoms with van der Waals surface area (Å²) < 4.78 is 5.24. The summed E-state index contributed by atoms with van der Waals surface area (Å²) in [5, 5.41) is 48.3. The summed E-state index contributed by atoms with van der Waals surface area (Å²) in [6, 6.07) is -1.69. The molecule has 9 N–H and O–H groups in total. The molecular weight excluding hydrogens is 356 g/mol. The fourth-order valence-corrected chi connectivity index (χ4v) is 2.44. The molecule has 1 amide bonds. The molecule has 13 nitrogen and oxygen atoms in total. The van der Waals surface area contributed by atoms with Crippen LogP contribution in [0.5, 0.6) is 0 Å². The summed E-state index contributed by atoms with van der Waals surface area (Å²) in [5.41, 5.74) is 5.23. The molecule has 1 fully saturated rings. The van der Waals surface area contributed by atoms with E-state index in [1.807, 2.05) is 5.32 Å². The minimum absolute atomic E-state index is 0.125. The molecule has 5 atom stereocenters. The van der Waals surface area contributed by atoms with Gasteiger partial charge in [0.25, 0.3) is 5.91 Å². The third-order valence-electron chi connectivity index (χ3n) is 3.77. The van der Waals surface area contributed by atoms with Crippen LogP contribution < -0.4 is 11.1 Å². The zero-order chi connectivity index (χ0) is 19.6. The van der Waals surface area contributed by atoms with Gasteiger partial charge in [-0.3, -0.25) is 9.59 Å². The number of aromatic nitrogens is 2. The molecule has 26 heavy (non-hydrogen) atoms. The van der Waals surface area contributed by atoms with Crippen LogP contribution in [-0.2, 0) is 14.3 Å². The minimum atomic E-state index is -1.69. The minimum Gasteiger partial charge on any atom is -0.481 e. The van der Waals surface area contributed by atoms with Crippen molar-refractivity contribution in [3.8, 4) is 0 Å². The van der Waals surface area contributed by atoms with Crippen molar-refractivity contribution in [1.82, 2.24) is 15.3 Å². The third-order valence-corrected chi connectivity index (χ3v) is 3.77. The molecule has 144 valence electrons. The van der Waals surface area contributed by atoms with Gasteiger partial charge in [0.2, 0.25) is 0 Å². The summed E-state index contributed by atoms with van der Waals surface area (Å²) in [5.74, 6) is -4.48. The van der Waals surface area contributed by atoms with Gasteiger partial charge in [-0.05, 0) is 0 Å². The molecule has 1 aromatic heterocycles. The summed E-state index contributed by atoms with van der Waals surface area (Å²) in [6.07, 6.45) is -5.96. The topological polar surface area (TPSA) is 228 Å². The number of amides is 1. The van der Waals surface area contributed by atoms with Gasteiger partial charge in [0.15, 0.2) is 5.82 Å². The second-order valence-electron chi connectivity index (χ2n) is 5.60. The smallest absolute Gasteiger partial charge is 0.326 e. The number of nitrogens with one attached hydrogen (secondary N) is 2. The predicted octanol–water partition coefficient (Wildman–Crippen LogP) is -3.20. The molecule has 0 spiro atoms. The largest absolute Gasteiger partial charge is 0.481 e. The van der Waals surface area contributed by atoms with E-state index in [-0.39, 0.29) is 17.3 Å². The number of carboxylic acid groups (broad SMARTS) is 2. The van der Waals surface area contributed by atoms with Crippen LogP contribution in [0.1, 0.15) is 28.8 Å². The number of ether oxygens (including phenoxy) is 1. The van der Waals surface area contributed by atoms with Crippen LogP contribution in [0.25, 0.3) is 0 Å². The van der Waals surface area contributed by atoms with Crippen LogP contribution in [0.4, 0.5) is 5.82 Å². The lowest BCUT2D eigenvalue weighted by molar-refractivity contribution is -0.145. The molecule has 1 aliphatic rings. The van der Waals surface area contributed by atoms with E-state index in [0.717, 1.165) is 0 Å². The number of carboxylic acids is 2. The molecule has 1 aliphatic heterocycles. The van der Waals surface area contributed by atoms with Gasteiger partial charge in [-0.25, -0.2) is 9.78 Å². The highest BCUT2D eigenvalue weighted by molar-refractivity contribution is 5.99. The Morgan fingerprint density at radius 2 is 1.92 bits per heavy atom. The summed E-state index contributed by atoms with van der Waals surface area (Å²) in [7, 11) is 0. The lowest BCUT2D eigenvalue weighted by Crippen LogP contribution is -2.42. The summed E-state index contributed by atoms with van der Waals surface area (Å²) in [6.45, 7) is -0.562. The van der Waals surface area contributed by atoms with E-state index in [9.17, 15) is 24.6 Å². The number of nitrogens with two attached hydrogens (primary N) is 1. The number of rotatable bonds is 7. The Balaban J connectivity index is 2.18. The highest BCUT2D eigenvalue weighted by atomic mass is 16.6. The molecule has 1 saturated heterocycles. The predicted molar refractivity (Wildman–Crippen MR) is 80.9 cm³/mol. The van der Waals surface area contributed by atoms with E-state index in [4.69, 9.17) is 25.8 Å². The molecule has 13 heteroatoms. The van der Waals surface area contributed by atoms with Crippen LogP contribution in [-0.4, -0.2) is 84.3 Å². The number of imidazole rings is 1. The molecular formula is C13H18N4O9. The number of hydrogen-bond donors (Lipinski definition) is 8. The summed E-state index contributed by atoms with van der Waals surface area (Å²) >= 11 is 0.